The van der Waals surface area contributed by atoms with E-state index in [1.807, 2.05) is 41.3 Å². The summed E-state index contributed by atoms with van der Waals surface area (Å²) in [4.78, 5) is 31.0. The fourth-order valence-electron chi connectivity index (χ4n) is 3.78. The van der Waals surface area contributed by atoms with Crippen molar-refractivity contribution in [1.82, 2.24) is 14.9 Å². The van der Waals surface area contributed by atoms with Gasteiger partial charge in [0.25, 0.3) is 12.4 Å². The van der Waals surface area contributed by atoms with Crippen LogP contribution in [0.3, 0.4) is 0 Å². The summed E-state index contributed by atoms with van der Waals surface area (Å²) in [5.41, 5.74) is 4.78. The summed E-state index contributed by atoms with van der Waals surface area (Å²) < 4.78 is 0. The van der Waals surface area contributed by atoms with E-state index in [9.17, 15) is 9.90 Å². The van der Waals surface area contributed by atoms with Crippen LogP contribution in [0.15, 0.2) is 54.9 Å². The number of carboxylic acid groups (broad SMARTS) is 1. The molecule has 0 spiro atoms. The quantitative estimate of drug-likeness (QED) is 0.544. The second-order valence-electron chi connectivity index (χ2n) is 8.53. The molecule has 2 aromatic carbocycles. The van der Waals surface area contributed by atoms with Crippen LogP contribution in [-0.4, -0.2) is 44.0 Å². The van der Waals surface area contributed by atoms with Crippen molar-refractivity contribution in [2.45, 2.75) is 38.6 Å². The average Bonchev–Trinajstić information content (AvgIpc) is 3.21. The van der Waals surface area contributed by atoms with E-state index < -0.39 is 0 Å². The van der Waals surface area contributed by atoms with E-state index >= 15 is 0 Å². The Hall–Kier alpha value is -3.61. The largest absolute Gasteiger partial charge is 0.508 e. The molecule has 0 aliphatic carbocycles. The molecule has 7 heteroatoms. The fourth-order valence-corrected chi connectivity index (χ4v) is 3.78. The van der Waals surface area contributed by atoms with Crippen LogP contribution in [0.5, 0.6) is 5.75 Å². The standard InChI is InChI=1S/C23H25N3O2.CH2O2/c1-23(2,3)17-9-7-15(8-10-17)22(28)26-12-19(16-5-4-6-18(27)11-16)21-20(13-26)24-14-25-21;2-1-3/h4-11,14,19,27H,12-13H2,1-3H3,(H,24,25);1H,(H,2,3). The number of amides is 1. The monoisotopic (exact) mass is 421 g/mol. The van der Waals surface area contributed by atoms with Crippen LogP contribution < -0.4 is 0 Å². The van der Waals surface area contributed by atoms with E-state index in [0.717, 1.165) is 17.0 Å². The first-order valence-corrected chi connectivity index (χ1v) is 10.0. The first-order valence-electron chi connectivity index (χ1n) is 10.0. The smallest absolute Gasteiger partial charge is 0.290 e. The predicted molar refractivity (Wildman–Crippen MR) is 117 cm³/mol. The summed E-state index contributed by atoms with van der Waals surface area (Å²) in [5.74, 6) is 0.154. The van der Waals surface area contributed by atoms with Gasteiger partial charge in [0.05, 0.1) is 24.3 Å². The number of fused-ring (bicyclic) bond motifs is 1. The molecule has 1 aromatic heterocycles. The Morgan fingerprint density at radius 1 is 1.19 bits per heavy atom. The number of phenols is 1. The highest BCUT2D eigenvalue weighted by molar-refractivity contribution is 5.94. The minimum absolute atomic E-state index is 0.00543. The third-order valence-electron chi connectivity index (χ3n) is 5.39. The van der Waals surface area contributed by atoms with Gasteiger partial charge in [0.1, 0.15) is 5.75 Å². The van der Waals surface area contributed by atoms with E-state index in [2.05, 4.69) is 30.7 Å². The number of nitrogens with one attached hydrogen (secondary N) is 1. The Bertz CT molecular complexity index is 1050. The van der Waals surface area contributed by atoms with Gasteiger partial charge in [-0.2, -0.15) is 0 Å². The van der Waals surface area contributed by atoms with Gasteiger partial charge in [0.15, 0.2) is 0 Å². The van der Waals surface area contributed by atoms with E-state index in [-0.39, 0.29) is 29.5 Å². The van der Waals surface area contributed by atoms with Crippen molar-refractivity contribution in [2.24, 2.45) is 0 Å². The number of hydrogen-bond donors (Lipinski definition) is 3. The van der Waals surface area contributed by atoms with Crippen molar-refractivity contribution in [3.63, 3.8) is 0 Å². The summed E-state index contributed by atoms with van der Waals surface area (Å²) in [6.07, 6.45) is 1.67. The first-order chi connectivity index (χ1) is 14.7. The SMILES string of the molecule is CC(C)(C)c1ccc(C(=O)N2Cc3[nH]cnc3C(c3cccc(O)c3)C2)cc1.O=CO. The topological polar surface area (TPSA) is 107 Å². The lowest BCUT2D eigenvalue weighted by molar-refractivity contribution is -0.122. The number of carbonyl (C=O) groups excluding carboxylic acids is 1. The average molecular weight is 421 g/mol. The van der Waals surface area contributed by atoms with Crippen LogP contribution in [0.25, 0.3) is 0 Å². The third-order valence-corrected chi connectivity index (χ3v) is 5.39. The molecule has 0 fully saturated rings. The molecule has 1 aliphatic rings. The van der Waals surface area contributed by atoms with Crippen LogP contribution in [0.1, 0.15) is 59.6 Å². The van der Waals surface area contributed by atoms with Gasteiger partial charge in [-0.1, -0.05) is 45.0 Å². The molecule has 1 aliphatic heterocycles. The van der Waals surface area contributed by atoms with E-state index in [1.54, 1.807) is 18.5 Å². The number of hydrogen-bond acceptors (Lipinski definition) is 4. The predicted octanol–water partition coefficient (Wildman–Crippen LogP) is 3.90. The molecule has 162 valence electrons. The third kappa shape index (κ3) is 4.94. The lowest BCUT2D eigenvalue weighted by atomic mass is 9.86. The Labute approximate surface area is 181 Å². The Balaban J connectivity index is 0.000000858. The molecule has 2 heterocycles. The molecule has 0 bridgehead atoms. The number of aromatic nitrogens is 2. The van der Waals surface area contributed by atoms with Gasteiger partial charge >= 0.3 is 0 Å². The van der Waals surface area contributed by atoms with Crippen LogP contribution in [-0.2, 0) is 16.8 Å². The molecule has 1 atom stereocenters. The maximum Gasteiger partial charge on any atom is 0.290 e. The van der Waals surface area contributed by atoms with Gasteiger partial charge in [-0.05, 0) is 40.8 Å². The number of imidazole rings is 1. The molecule has 1 unspecified atom stereocenters. The van der Waals surface area contributed by atoms with Crippen molar-refractivity contribution < 1.29 is 19.8 Å². The zero-order valence-electron chi connectivity index (χ0n) is 17.9. The lowest BCUT2D eigenvalue weighted by Crippen LogP contribution is -2.38. The second-order valence-corrected chi connectivity index (χ2v) is 8.53. The summed E-state index contributed by atoms with van der Waals surface area (Å²) in [6, 6.07) is 15.1. The number of aromatic amines is 1. The highest BCUT2D eigenvalue weighted by Crippen LogP contribution is 2.33. The molecule has 0 saturated carbocycles. The van der Waals surface area contributed by atoms with Gasteiger partial charge in [-0.15, -0.1) is 0 Å². The highest BCUT2D eigenvalue weighted by Gasteiger charge is 2.32. The van der Waals surface area contributed by atoms with Crippen LogP contribution in [0.4, 0.5) is 0 Å². The Morgan fingerprint density at radius 2 is 1.87 bits per heavy atom. The molecule has 7 nitrogen and oxygen atoms in total. The van der Waals surface area contributed by atoms with Gasteiger partial charge in [-0.3, -0.25) is 9.59 Å². The lowest BCUT2D eigenvalue weighted by Gasteiger charge is -2.32. The maximum atomic E-state index is 13.2. The molecular formula is C24H27N3O4. The summed E-state index contributed by atoms with van der Waals surface area (Å²) in [6.45, 7) is 7.27. The number of nitrogens with zero attached hydrogens (tertiary/aromatic N) is 2. The number of H-pyrrole nitrogens is 1. The summed E-state index contributed by atoms with van der Waals surface area (Å²) in [5, 5.41) is 16.8. The van der Waals surface area contributed by atoms with Crippen molar-refractivity contribution in [1.29, 1.82) is 0 Å². The zero-order valence-corrected chi connectivity index (χ0v) is 17.9. The van der Waals surface area contributed by atoms with Crippen LogP contribution in [0, 0.1) is 0 Å². The van der Waals surface area contributed by atoms with E-state index in [4.69, 9.17) is 9.90 Å². The number of aromatic hydroxyl groups is 1. The molecule has 1 amide bonds. The van der Waals surface area contributed by atoms with E-state index in [1.165, 1.54) is 5.56 Å². The van der Waals surface area contributed by atoms with Gasteiger partial charge in [0, 0.05) is 18.0 Å². The number of phenolic OH excluding ortho intramolecular Hbond substituents is 1. The molecule has 4 rings (SSSR count). The summed E-state index contributed by atoms with van der Waals surface area (Å²) >= 11 is 0. The molecule has 0 radical (unpaired) electrons. The molecule has 3 aromatic rings. The van der Waals surface area contributed by atoms with Gasteiger partial charge in [-0.25, -0.2) is 4.98 Å². The summed E-state index contributed by atoms with van der Waals surface area (Å²) in [7, 11) is 0. The maximum absolute atomic E-state index is 13.2. The van der Waals surface area contributed by atoms with Gasteiger partial charge in [0.2, 0.25) is 0 Å². The molecule has 31 heavy (non-hydrogen) atoms. The highest BCUT2D eigenvalue weighted by atomic mass is 16.3. The van der Waals surface area contributed by atoms with Crippen molar-refractivity contribution in [3.05, 3.63) is 82.9 Å². The molecular weight excluding hydrogens is 394 g/mol. The Morgan fingerprint density at radius 3 is 2.48 bits per heavy atom. The molecule has 0 saturated heterocycles. The zero-order chi connectivity index (χ0) is 22.6. The fraction of sp³-hybridized carbons (Fsp3) is 0.292. The van der Waals surface area contributed by atoms with Crippen LogP contribution >= 0.6 is 0 Å². The van der Waals surface area contributed by atoms with Crippen molar-refractivity contribution in [3.8, 4) is 5.75 Å². The second kappa shape index (κ2) is 9.04. The number of benzene rings is 2. The van der Waals surface area contributed by atoms with E-state index in [0.29, 0.717) is 18.7 Å². The minimum Gasteiger partial charge on any atom is -0.508 e. The van der Waals surface area contributed by atoms with Crippen LogP contribution in [0.2, 0.25) is 0 Å². The minimum atomic E-state index is -0.250. The van der Waals surface area contributed by atoms with Crippen molar-refractivity contribution in [2.75, 3.05) is 6.54 Å². The molecule has 3 N–H and O–H groups in total. The normalized spacial score (nSPS) is 15.5. The van der Waals surface area contributed by atoms with Gasteiger partial charge < -0.3 is 20.1 Å². The number of carbonyl (C=O) groups is 2. The number of rotatable bonds is 2. The first kappa shape index (κ1) is 22.1. The van der Waals surface area contributed by atoms with Crippen molar-refractivity contribution >= 4 is 12.4 Å². The Kier molecular flexibility index (Phi) is 6.44.